The SMILES string of the molecule is C=CCN(C/C=C\C(C)=C/CC)c1ccc(C)cc1. The molecule has 0 fully saturated rings. The van der Waals surface area contributed by atoms with Gasteiger partial charge in [0.05, 0.1) is 0 Å². The van der Waals surface area contributed by atoms with Crippen molar-refractivity contribution in [1.82, 2.24) is 0 Å². The van der Waals surface area contributed by atoms with Crippen LogP contribution in [0.4, 0.5) is 5.69 Å². The minimum atomic E-state index is 0.865. The molecule has 1 aromatic carbocycles. The van der Waals surface area contributed by atoms with E-state index in [1.807, 2.05) is 6.08 Å². The third-order valence-electron chi connectivity index (χ3n) is 2.98. The second kappa shape index (κ2) is 8.36. The topological polar surface area (TPSA) is 3.24 Å². The largest absolute Gasteiger partial charge is 0.364 e. The van der Waals surface area contributed by atoms with Gasteiger partial charge in [0, 0.05) is 18.8 Å². The molecule has 0 saturated carbocycles. The van der Waals surface area contributed by atoms with E-state index >= 15 is 0 Å². The first-order valence-corrected chi connectivity index (χ1v) is 6.93. The molecule has 0 saturated heterocycles. The summed E-state index contributed by atoms with van der Waals surface area (Å²) in [7, 11) is 0. The van der Waals surface area contributed by atoms with Crippen molar-refractivity contribution in [1.29, 1.82) is 0 Å². The lowest BCUT2D eigenvalue weighted by Crippen LogP contribution is -2.23. The van der Waals surface area contributed by atoms with E-state index in [1.54, 1.807) is 0 Å². The van der Waals surface area contributed by atoms with Crippen LogP contribution in [-0.2, 0) is 0 Å². The number of hydrogen-bond acceptors (Lipinski definition) is 1. The third kappa shape index (κ3) is 5.60. The first-order valence-electron chi connectivity index (χ1n) is 6.93. The molecule has 0 N–H and O–H groups in total. The maximum Gasteiger partial charge on any atom is 0.0372 e. The van der Waals surface area contributed by atoms with Gasteiger partial charge in [0.1, 0.15) is 0 Å². The summed E-state index contributed by atoms with van der Waals surface area (Å²) >= 11 is 0. The van der Waals surface area contributed by atoms with Gasteiger partial charge in [-0.3, -0.25) is 0 Å². The van der Waals surface area contributed by atoms with Gasteiger partial charge >= 0.3 is 0 Å². The van der Waals surface area contributed by atoms with Gasteiger partial charge in [0.25, 0.3) is 0 Å². The predicted octanol–water partition coefficient (Wildman–Crippen LogP) is 4.90. The molecule has 0 aliphatic heterocycles. The van der Waals surface area contributed by atoms with E-state index in [0.717, 1.165) is 19.5 Å². The Morgan fingerprint density at radius 2 is 1.89 bits per heavy atom. The number of allylic oxidation sites excluding steroid dienone is 3. The zero-order valence-electron chi connectivity index (χ0n) is 12.4. The zero-order chi connectivity index (χ0) is 14.1. The van der Waals surface area contributed by atoms with E-state index in [1.165, 1.54) is 16.8 Å². The molecule has 1 rings (SSSR count). The molecule has 0 aliphatic rings. The Kier molecular flexibility index (Phi) is 6.73. The summed E-state index contributed by atoms with van der Waals surface area (Å²) in [5.74, 6) is 0. The highest BCUT2D eigenvalue weighted by Crippen LogP contribution is 2.15. The van der Waals surface area contributed by atoms with Gasteiger partial charge in [-0.25, -0.2) is 0 Å². The Balaban J connectivity index is 2.70. The fourth-order valence-corrected chi connectivity index (χ4v) is 1.95. The van der Waals surface area contributed by atoms with Crippen LogP contribution in [0.3, 0.4) is 0 Å². The molecule has 0 spiro atoms. The van der Waals surface area contributed by atoms with Crippen molar-refractivity contribution < 1.29 is 0 Å². The van der Waals surface area contributed by atoms with Crippen LogP contribution in [0.1, 0.15) is 25.8 Å². The van der Waals surface area contributed by atoms with Crippen molar-refractivity contribution in [3.8, 4) is 0 Å². The predicted molar refractivity (Wildman–Crippen MR) is 86.8 cm³/mol. The highest BCUT2D eigenvalue weighted by molar-refractivity contribution is 5.48. The van der Waals surface area contributed by atoms with Crippen LogP contribution in [0.2, 0.25) is 0 Å². The molecule has 0 amide bonds. The van der Waals surface area contributed by atoms with Crippen LogP contribution in [0.15, 0.2) is 60.7 Å². The van der Waals surface area contributed by atoms with Crippen LogP contribution in [0.25, 0.3) is 0 Å². The molecule has 0 unspecified atom stereocenters. The fourth-order valence-electron chi connectivity index (χ4n) is 1.95. The summed E-state index contributed by atoms with van der Waals surface area (Å²) in [6.45, 7) is 12.0. The number of rotatable bonds is 7. The summed E-state index contributed by atoms with van der Waals surface area (Å²) < 4.78 is 0. The molecular formula is C18H25N. The Labute approximate surface area is 118 Å². The van der Waals surface area contributed by atoms with E-state index in [4.69, 9.17) is 0 Å². The summed E-state index contributed by atoms with van der Waals surface area (Å²) in [6.07, 6.45) is 9.67. The maximum absolute atomic E-state index is 3.84. The van der Waals surface area contributed by atoms with Crippen LogP contribution < -0.4 is 4.90 Å². The Hall–Kier alpha value is -1.76. The van der Waals surface area contributed by atoms with Crippen molar-refractivity contribution in [2.75, 3.05) is 18.0 Å². The van der Waals surface area contributed by atoms with Gasteiger partial charge in [0.2, 0.25) is 0 Å². The monoisotopic (exact) mass is 255 g/mol. The Bertz CT molecular complexity index is 437. The van der Waals surface area contributed by atoms with Crippen LogP contribution in [0.5, 0.6) is 0 Å². The van der Waals surface area contributed by atoms with Crippen molar-refractivity contribution in [2.24, 2.45) is 0 Å². The van der Waals surface area contributed by atoms with E-state index in [9.17, 15) is 0 Å². The van der Waals surface area contributed by atoms with Crippen molar-refractivity contribution >= 4 is 5.69 Å². The summed E-state index contributed by atoms with van der Waals surface area (Å²) in [5.41, 5.74) is 3.86. The second-order valence-electron chi connectivity index (χ2n) is 4.79. The standard InChI is InChI=1S/C18H25N/c1-5-8-16(3)9-7-15-19(14-6-2)18-12-10-17(4)11-13-18/h6-13H,2,5,14-15H2,1,3-4H3/b9-7-,16-8-. The lowest BCUT2D eigenvalue weighted by molar-refractivity contribution is 0.954. The average Bonchev–Trinajstić information content (AvgIpc) is 2.39. The number of aryl methyl sites for hydroxylation is 1. The third-order valence-corrected chi connectivity index (χ3v) is 2.98. The Morgan fingerprint density at radius 1 is 1.21 bits per heavy atom. The molecule has 1 heteroatoms. The van der Waals surface area contributed by atoms with Gasteiger partial charge in [-0.2, -0.15) is 0 Å². The molecule has 1 aromatic rings. The number of anilines is 1. The first kappa shape index (κ1) is 15.3. The molecule has 0 heterocycles. The number of benzene rings is 1. The van der Waals surface area contributed by atoms with Crippen molar-refractivity contribution in [3.63, 3.8) is 0 Å². The van der Waals surface area contributed by atoms with Gasteiger partial charge in [-0.1, -0.05) is 54.5 Å². The molecule has 102 valence electrons. The van der Waals surface area contributed by atoms with Gasteiger partial charge in [-0.05, 0) is 32.4 Å². The minimum Gasteiger partial charge on any atom is -0.364 e. The van der Waals surface area contributed by atoms with Crippen LogP contribution >= 0.6 is 0 Å². The van der Waals surface area contributed by atoms with Gasteiger partial charge in [0.15, 0.2) is 0 Å². The number of nitrogens with zero attached hydrogens (tertiary/aromatic N) is 1. The lowest BCUT2D eigenvalue weighted by Gasteiger charge is -2.21. The fraction of sp³-hybridized carbons (Fsp3) is 0.333. The van der Waals surface area contributed by atoms with Gasteiger partial charge < -0.3 is 4.90 Å². The highest BCUT2D eigenvalue weighted by Gasteiger charge is 2.01. The highest BCUT2D eigenvalue weighted by atomic mass is 15.1. The van der Waals surface area contributed by atoms with Gasteiger partial charge in [-0.15, -0.1) is 6.58 Å². The Morgan fingerprint density at radius 3 is 2.47 bits per heavy atom. The average molecular weight is 255 g/mol. The molecule has 0 atom stereocenters. The summed E-state index contributed by atoms with van der Waals surface area (Å²) in [4.78, 5) is 2.31. The van der Waals surface area contributed by atoms with E-state index in [2.05, 4.69) is 74.7 Å². The second-order valence-corrected chi connectivity index (χ2v) is 4.79. The molecule has 1 nitrogen and oxygen atoms in total. The lowest BCUT2D eigenvalue weighted by atomic mass is 10.2. The first-order chi connectivity index (χ1) is 9.17. The molecule has 19 heavy (non-hydrogen) atoms. The summed E-state index contributed by atoms with van der Waals surface area (Å²) in [6, 6.07) is 8.64. The zero-order valence-corrected chi connectivity index (χ0v) is 12.4. The molecule has 0 bridgehead atoms. The molecule has 0 radical (unpaired) electrons. The van der Waals surface area contributed by atoms with E-state index < -0.39 is 0 Å². The van der Waals surface area contributed by atoms with Crippen LogP contribution in [-0.4, -0.2) is 13.1 Å². The molecular weight excluding hydrogens is 230 g/mol. The summed E-state index contributed by atoms with van der Waals surface area (Å²) in [5, 5.41) is 0. The number of hydrogen-bond donors (Lipinski definition) is 0. The van der Waals surface area contributed by atoms with Crippen molar-refractivity contribution in [2.45, 2.75) is 27.2 Å². The molecule has 0 aliphatic carbocycles. The van der Waals surface area contributed by atoms with Crippen LogP contribution in [0, 0.1) is 6.92 Å². The molecule has 0 aromatic heterocycles. The quantitative estimate of drug-likeness (QED) is 0.495. The minimum absolute atomic E-state index is 0.865. The van der Waals surface area contributed by atoms with Crippen molar-refractivity contribution in [3.05, 3.63) is 66.3 Å². The normalized spacial score (nSPS) is 11.8. The maximum atomic E-state index is 3.84. The van der Waals surface area contributed by atoms with E-state index in [0.29, 0.717) is 0 Å². The smallest absolute Gasteiger partial charge is 0.0372 e. The van der Waals surface area contributed by atoms with E-state index in [-0.39, 0.29) is 0 Å².